The van der Waals surface area contributed by atoms with E-state index in [4.69, 9.17) is 4.74 Å². The van der Waals surface area contributed by atoms with E-state index in [1.165, 1.54) is 0 Å². The number of carbonyl (C=O) groups excluding carboxylic acids is 1. The quantitative estimate of drug-likeness (QED) is 0.765. The molecule has 88 valence electrons. The highest BCUT2D eigenvalue weighted by Crippen LogP contribution is 2.15. The smallest absolute Gasteiger partial charge is 0.237 e. The van der Waals surface area contributed by atoms with Gasteiger partial charge in [-0.2, -0.15) is 0 Å². The number of ether oxygens (including phenoxy) is 1. The van der Waals surface area contributed by atoms with E-state index in [1.807, 2.05) is 31.2 Å². The molecule has 4 heteroatoms. The van der Waals surface area contributed by atoms with Crippen LogP contribution in [-0.2, 0) is 4.79 Å². The van der Waals surface area contributed by atoms with Crippen molar-refractivity contribution in [2.45, 2.75) is 13.3 Å². The molecule has 0 bridgehead atoms. The van der Waals surface area contributed by atoms with Gasteiger partial charge in [0.15, 0.2) is 0 Å². The zero-order valence-corrected chi connectivity index (χ0v) is 9.99. The fourth-order valence-electron chi connectivity index (χ4n) is 1.28. The molecule has 0 unspecified atom stereocenters. The van der Waals surface area contributed by atoms with E-state index in [1.54, 1.807) is 19.1 Å². The van der Waals surface area contributed by atoms with Crippen LogP contribution in [0.4, 0.5) is 0 Å². The van der Waals surface area contributed by atoms with E-state index in [2.05, 4.69) is 5.43 Å². The first-order chi connectivity index (χ1) is 7.59. The number of carbonyl (C=O) groups is 1. The van der Waals surface area contributed by atoms with Crippen LogP contribution >= 0.6 is 0 Å². The van der Waals surface area contributed by atoms with Crippen molar-refractivity contribution in [1.82, 2.24) is 10.4 Å². The second-order valence-electron chi connectivity index (χ2n) is 3.79. The average molecular weight is 222 g/mol. The Morgan fingerprint density at radius 3 is 2.69 bits per heavy atom. The number of hydrogen-bond acceptors (Lipinski definition) is 3. The number of nitrogens with zero attached hydrogens (tertiary/aromatic N) is 1. The topological polar surface area (TPSA) is 41.6 Å². The van der Waals surface area contributed by atoms with Crippen LogP contribution in [-0.4, -0.2) is 31.6 Å². The summed E-state index contributed by atoms with van der Waals surface area (Å²) in [6, 6.07) is 7.76. The molecule has 0 aromatic heterocycles. The van der Waals surface area contributed by atoms with Crippen LogP contribution in [0, 0.1) is 6.92 Å². The van der Waals surface area contributed by atoms with Crippen LogP contribution in [0.1, 0.15) is 12.0 Å². The van der Waals surface area contributed by atoms with Gasteiger partial charge in [-0.1, -0.05) is 18.2 Å². The Balaban J connectivity index is 2.31. The van der Waals surface area contributed by atoms with Crippen LogP contribution in [0.15, 0.2) is 24.3 Å². The number of nitrogens with one attached hydrogen (secondary N) is 1. The largest absolute Gasteiger partial charge is 0.493 e. The first kappa shape index (κ1) is 12.5. The van der Waals surface area contributed by atoms with Crippen molar-refractivity contribution in [3.05, 3.63) is 29.8 Å². The number of amides is 1. The summed E-state index contributed by atoms with van der Waals surface area (Å²) < 4.78 is 5.51. The first-order valence-electron chi connectivity index (χ1n) is 5.25. The van der Waals surface area contributed by atoms with Gasteiger partial charge in [0.2, 0.25) is 5.91 Å². The summed E-state index contributed by atoms with van der Waals surface area (Å²) in [5.41, 5.74) is 3.74. The summed E-state index contributed by atoms with van der Waals surface area (Å²) in [5, 5.41) is 1.62. The Morgan fingerprint density at radius 2 is 2.06 bits per heavy atom. The van der Waals surface area contributed by atoms with Crippen molar-refractivity contribution in [2.75, 3.05) is 20.7 Å². The zero-order chi connectivity index (χ0) is 12.0. The number of benzene rings is 1. The molecule has 0 spiro atoms. The molecule has 0 heterocycles. The number of rotatable bonds is 5. The van der Waals surface area contributed by atoms with Crippen LogP contribution in [0.2, 0.25) is 0 Å². The molecular formula is C12H18N2O2. The normalized spacial score (nSPS) is 10.2. The van der Waals surface area contributed by atoms with Gasteiger partial charge in [-0.3, -0.25) is 10.2 Å². The number of para-hydroxylation sites is 1. The minimum Gasteiger partial charge on any atom is -0.493 e. The van der Waals surface area contributed by atoms with Crippen molar-refractivity contribution in [2.24, 2.45) is 0 Å². The summed E-state index contributed by atoms with van der Waals surface area (Å²) in [4.78, 5) is 11.3. The summed E-state index contributed by atoms with van der Waals surface area (Å²) in [5.74, 6) is 0.790. The van der Waals surface area contributed by atoms with Crippen LogP contribution < -0.4 is 10.2 Å². The highest BCUT2D eigenvalue weighted by Gasteiger charge is 2.03. The van der Waals surface area contributed by atoms with E-state index < -0.39 is 0 Å². The van der Waals surface area contributed by atoms with Crippen LogP contribution in [0.5, 0.6) is 5.75 Å². The van der Waals surface area contributed by atoms with Crippen molar-refractivity contribution in [3.63, 3.8) is 0 Å². The third-order valence-corrected chi connectivity index (χ3v) is 2.03. The van der Waals surface area contributed by atoms with E-state index in [0.717, 1.165) is 11.3 Å². The Hall–Kier alpha value is -1.55. The number of aryl methyl sites for hydroxylation is 1. The lowest BCUT2D eigenvalue weighted by Gasteiger charge is -2.12. The molecule has 0 aliphatic carbocycles. The maximum Gasteiger partial charge on any atom is 0.237 e. The van der Waals surface area contributed by atoms with E-state index in [9.17, 15) is 4.79 Å². The second-order valence-corrected chi connectivity index (χ2v) is 3.79. The van der Waals surface area contributed by atoms with Gasteiger partial charge in [0, 0.05) is 14.1 Å². The molecule has 16 heavy (non-hydrogen) atoms. The van der Waals surface area contributed by atoms with Crippen LogP contribution in [0.25, 0.3) is 0 Å². The molecule has 0 aliphatic rings. The number of hydrogen-bond donors (Lipinski definition) is 1. The summed E-state index contributed by atoms with van der Waals surface area (Å²) in [6.45, 7) is 2.37. The van der Waals surface area contributed by atoms with Gasteiger partial charge in [-0.15, -0.1) is 0 Å². The molecular weight excluding hydrogens is 204 g/mol. The third kappa shape index (κ3) is 4.31. The van der Waals surface area contributed by atoms with E-state index in [0.29, 0.717) is 13.0 Å². The standard InChI is InChI=1S/C12H18N2O2/c1-10-6-4-5-7-11(10)16-9-8-12(15)13-14(2)3/h4-7H,8-9H2,1-3H3,(H,13,15). The summed E-state index contributed by atoms with van der Waals surface area (Å²) >= 11 is 0. The maximum atomic E-state index is 11.3. The van der Waals surface area contributed by atoms with Gasteiger partial charge in [-0.05, 0) is 18.6 Å². The van der Waals surface area contributed by atoms with E-state index in [-0.39, 0.29) is 5.91 Å². The summed E-state index contributed by atoms with van der Waals surface area (Å²) in [7, 11) is 3.56. The van der Waals surface area contributed by atoms with Gasteiger partial charge >= 0.3 is 0 Å². The van der Waals surface area contributed by atoms with Crippen molar-refractivity contribution in [3.8, 4) is 5.75 Å². The number of hydrazine groups is 1. The Labute approximate surface area is 96.2 Å². The van der Waals surface area contributed by atoms with Crippen molar-refractivity contribution in [1.29, 1.82) is 0 Å². The highest BCUT2D eigenvalue weighted by atomic mass is 16.5. The lowest BCUT2D eigenvalue weighted by molar-refractivity contribution is -0.125. The zero-order valence-electron chi connectivity index (χ0n) is 9.99. The predicted molar refractivity (Wildman–Crippen MR) is 63.1 cm³/mol. The fraction of sp³-hybridized carbons (Fsp3) is 0.417. The average Bonchev–Trinajstić information content (AvgIpc) is 2.19. The predicted octanol–water partition coefficient (Wildman–Crippen LogP) is 1.36. The van der Waals surface area contributed by atoms with Gasteiger partial charge in [-0.25, -0.2) is 5.01 Å². The SMILES string of the molecule is Cc1ccccc1OCCC(=O)NN(C)C. The molecule has 1 aromatic carbocycles. The molecule has 1 N–H and O–H groups in total. The molecule has 1 amide bonds. The molecule has 1 rings (SSSR count). The molecule has 0 atom stereocenters. The highest BCUT2D eigenvalue weighted by molar-refractivity contribution is 5.75. The van der Waals surface area contributed by atoms with Gasteiger partial charge < -0.3 is 4.74 Å². The molecule has 0 saturated heterocycles. The van der Waals surface area contributed by atoms with Crippen molar-refractivity contribution < 1.29 is 9.53 Å². The minimum atomic E-state index is -0.0430. The summed E-state index contributed by atoms with van der Waals surface area (Å²) in [6.07, 6.45) is 0.354. The van der Waals surface area contributed by atoms with Gasteiger partial charge in [0.25, 0.3) is 0 Å². The first-order valence-corrected chi connectivity index (χ1v) is 5.25. The second kappa shape index (κ2) is 6.12. The molecule has 0 radical (unpaired) electrons. The molecule has 0 fully saturated rings. The molecule has 4 nitrogen and oxygen atoms in total. The molecule has 0 saturated carbocycles. The lowest BCUT2D eigenvalue weighted by Crippen LogP contribution is -2.36. The monoisotopic (exact) mass is 222 g/mol. The minimum absolute atomic E-state index is 0.0430. The third-order valence-electron chi connectivity index (χ3n) is 2.03. The fourth-order valence-corrected chi connectivity index (χ4v) is 1.28. The Bertz CT molecular complexity index is 351. The van der Waals surface area contributed by atoms with Crippen molar-refractivity contribution >= 4 is 5.91 Å². The van der Waals surface area contributed by atoms with Crippen LogP contribution in [0.3, 0.4) is 0 Å². The maximum absolute atomic E-state index is 11.3. The van der Waals surface area contributed by atoms with Gasteiger partial charge in [0.1, 0.15) is 5.75 Å². The Kier molecular flexibility index (Phi) is 4.79. The van der Waals surface area contributed by atoms with Gasteiger partial charge in [0.05, 0.1) is 13.0 Å². The van der Waals surface area contributed by atoms with E-state index >= 15 is 0 Å². The molecule has 0 aliphatic heterocycles. The lowest BCUT2D eigenvalue weighted by atomic mass is 10.2. The Morgan fingerprint density at radius 1 is 1.38 bits per heavy atom. The molecule has 1 aromatic rings.